The van der Waals surface area contributed by atoms with E-state index in [1.54, 1.807) is 12.1 Å². The Balaban J connectivity index is 1.80. The number of piperidine rings is 2. The molecule has 0 aromatic heterocycles. The van der Waals surface area contributed by atoms with Crippen LogP contribution in [0.2, 0.25) is 0 Å². The van der Waals surface area contributed by atoms with Crippen molar-refractivity contribution in [2.45, 2.75) is 43.7 Å². The van der Waals surface area contributed by atoms with Crippen LogP contribution in [0.1, 0.15) is 37.7 Å². The molecule has 2 atom stereocenters. The number of aliphatic hydroxyl groups is 1. The molecule has 2 aliphatic rings. The van der Waals surface area contributed by atoms with Crippen LogP contribution < -0.4 is 0 Å². The first-order valence-electron chi connectivity index (χ1n) is 6.93. The molecule has 3 heteroatoms. The average molecular weight is 247 g/mol. The zero-order valence-corrected chi connectivity index (χ0v) is 10.7. The van der Waals surface area contributed by atoms with E-state index in [2.05, 4.69) is 4.90 Å². The van der Waals surface area contributed by atoms with Gasteiger partial charge in [-0.2, -0.15) is 0 Å². The summed E-state index contributed by atoms with van der Waals surface area (Å²) < 4.78 is 0. The van der Waals surface area contributed by atoms with Crippen molar-refractivity contribution in [1.29, 1.82) is 0 Å². The zero-order chi connectivity index (χ0) is 12.6. The van der Waals surface area contributed by atoms with Crippen molar-refractivity contribution in [1.82, 2.24) is 4.90 Å². The predicted molar refractivity (Wildman–Crippen MR) is 70.4 cm³/mol. The van der Waals surface area contributed by atoms with Gasteiger partial charge in [0.1, 0.15) is 11.4 Å². The molecule has 2 fully saturated rings. The van der Waals surface area contributed by atoms with Crippen LogP contribution in [0.3, 0.4) is 0 Å². The fraction of sp³-hybridized carbons (Fsp3) is 0.600. The molecule has 98 valence electrons. The number of aromatic hydroxyl groups is 1. The molecule has 0 aliphatic carbocycles. The molecule has 2 aliphatic heterocycles. The monoisotopic (exact) mass is 247 g/mol. The second-order valence-corrected chi connectivity index (χ2v) is 5.74. The first-order chi connectivity index (χ1) is 8.67. The van der Waals surface area contributed by atoms with Crippen molar-refractivity contribution >= 4 is 0 Å². The predicted octanol–water partition coefficient (Wildman–Crippen LogP) is 2.23. The molecule has 3 nitrogen and oxygen atoms in total. The molecule has 1 aromatic rings. The maximum atomic E-state index is 10.8. The minimum atomic E-state index is -0.735. The van der Waals surface area contributed by atoms with Gasteiger partial charge < -0.3 is 10.2 Å². The Morgan fingerprint density at radius 1 is 1.11 bits per heavy atom. The Morgan fingerprint density at radius 2 is 1.89 bits per heavy atom. The summed E-state index contributed by atoms with van der Waals surface area (Å²) in [7, 11) is 0. The number of phenols is 1. The fourth-order valence-corrected chi connectivity index (χ4v) is 3.42. The molecule has 0 saturated carbocycles. The Morgan fingerprint density at radius 3 is 2.67 bits per heavy atom. The van der Waals surface area contributed by atoms with Gasteiger partial charge in [0.15, 0.2) is 0 Å². The lowest BCUT2D eigenvalue weighted by atomic mass is 9.80. The molecule has 0 unspecified atom stereocenters. The van der Waals surface area contributed by atoms with Crippen LogP contribution in [-0.2, 0) is 5.60 Å². The summed E-state index contributed by atoms with van der Waals surface area (Å²) in [5.74, 6) is 0.258. The first-order valence-corrected chi connectivity index (χ1v) is 6.93. The van der Waals surface area contributed by atoms with Gasteiger partial charge in [0.05, 0.1) is 0 Å². The molecule has 0 spiro atoms. The van der Waals surface area contributed by atoms with Crippen molar-refractivity contribution in [3.8, 4) is 5.75 Å². The summed E-state index contributed by atoms with van der Waals surface area (Å²) in [5, 5.41) is 20.2. The van der Waals surface area contributed by atoms with E-state index >= 15 is 0 Å². The van der Waals surface area contributed by atoms with Crippen LogP contribution in [0.25, 0.3) is 0 Å². The normalized spacial score (nSPS) is 33.1. The second kappa shape index (κ2) is 4.56. The highest BCUT2D eigenvalue weighted by Gasteiger charge is 2.39. The minimum absolute atomic E-state index is 0.258. The summed E-state index contributed by atoms with van der Waals surface area (Å²) in [6.07, 6.45) is 5.78. The van der Waals surface area contributed by atoms with Gasteiger partial charge in [0.2, 0.25) is 0 Å². The summed E-state index contributed by atoms with van der Waals surface area (Å²) in [5.41, 5.74) is 0.200. The largest absolute Gasteiger partial charge is 0.508 e. The van der Waals surface area contributed by atoms with E-state index in [1.165, 1.54) is 19.3 Å². The van der Waals surface area contributed by atoms with Gasteiger partial charge in [0.25, 0.3) is 0 Å². The van der Waals surface area contributed by atoms with Gasteiger partial charge in [-0.05, 0) is 49.9 Å². The molecule has 2 heterocycles. The van der Waals surface area contributed by atoms with Crippen molar-refractivity contribution in [2.24, 2.45) is 0 Å². The van der Waals surface area contributed by atoms with Crippen molar-refractivity contribution in [2.75, 3.05) is 13.1 Å². The lowest BCUT2D eigenvalue weighted by Crippen LogP contribution is -2.52. The maximum Gasteiger partial charge on any atom is 0.115 e. The topological polar surface area (TPSA) is 43.7 Å². The zero-order valence-electron chi connectivity index (χ0n) is 10.7. The number of benzene rings is 1. The highest BCUT2D eigenvalue weighted by Crippen LogP contribution is 2.37. The highest BCUT2D eigenvalue weighted by atomic mass is 16.3. The summed E-state index contributed by atoms with van der Waals surface area (Å²) in [6.45, 7) is 1.85. The van der Waals surface area contributed by atoms with Crippen molar-refractivity contribution < 1.29 is 10.2 Å². The maximum absolute atomic E-state index is 10.8. The number of phenolic OH excluding ortho intramolecular Hbond substituents is 1. The van der Waals surface area contributed by atoms with Gasteiger partial charge in [-0.15, -0.1) is 0 Å². The Labute approximate surface area is 108 Å². The van der Waals surface area contributed by atoms with Gasteiger partial charge >= 0.3 is 0 Å². The molecule has 0 radical (unpaired) electrons. The quantitative estimate of drug-likeness (QED) is 0.800. The van der Waals surface area contributed by atoms with Crippen LogP contribution in [0.5, 0.6) is 5.75 Å². The molecular weight excluding hydrogens is 226 g/mol. The molecule has 0 amide bonds. The van der Waals surface area contributed by atoms with Crippen LogP contribution in [-0.4, -0.2) is 34.2 Å². The van der Waals surface area contributed by atoms with Crippen LogP contribution >= 0.6 is 0 Å². The van der Waals surface area contributed by atoms with E-state index in [4.69, 9.17) is 0 Å². The highest BCUT2D eigenvalue weighted by molar-refractivity contribution is 5.30. The standard InChI is InChI=1S/C15H21NO2/c17-14-6-4-12(5-7-14)15(18)9-8-13-3-1-2-10-16(13)11-15/h4-7,13,17-18H,1-3,8-11H2/t13-,15+/m1/s1. The molecule has 2 saturated heterocycles. The second-order valence-electron chi connectivity index (χ2n) is 5.74. The van der Waals surface area contributed by atoms with Crippen molar-refractivity contribution in [3.63, 3.8) is 0 Å². The molecule has 2 N–H and O–H groups in total. The Kier molecular flexibility index (Phi) is 3.04. The van der Waals surface area contributed by atoms with E-state index in [9.17, 15) is 10.2 Å². The van der Waals surface area contributed by atoms with Crippen LogP contribution in [0, 0.1) is 0 Å². The minimum Gasteiger partial charge on any atom is -0.508 e. The lowest BCUT2D eigenvalue weighted by Gasteiger charge is -2.46. The van der Waals surface area contributed by atoms with Gasteiger partial charge in [-0.3, -0.25) is 4.90 Å². The van der Waals surface area contributed by atoms with Crippen LogP contribution in [0.15, 0.2) is 24.3 Å². The number of nitrogens with zero attached hydrogens (tertiary/aromatic N) is 1. The number of fused-ring (bicyclic) bond motifs is 1. The number of hydrogen-bond acceptors (Lipinski definition) is 3. The average Bonchev–Trinajstić information content (AvgIpc) is 2.39. The first kappa shape index (κ1) is 12.0. The number of hydrogen-bond donors (Lipinski definition) is 2. The van der Waals surface area contributed by atoms with E-state index in [0.717, 1.165) is 31.5 Å². The summed E-state index contributed by atoms with van der Waals surface area (Å²) in [4.78, 5) is 2.44. The van der Waals surface area contributed by atoms with Gasteiger partial charge in [0, 0.05) is 12.6 Å². The summed E-state index contributed by atoms with van der Waals surface area (Å²) >= 11 is 0. The van der Waals surface area contributed by atoms with E-state index in [-0.39, 0.29) is 5.75 Å². The van der Waals surface area contributed by atoms with Crippen molar-refractivity contribution in [3.05, 3.63) is 29.8 Å². The SMILES string of the molecule is Oc1ccc([C@]2(O)CC[C@H]3CCCCN3C2)cc1. The van der Waals surface area contributed by atoms with E-state index in [0.29, 0.717) is 6.04 Å². The molecule has 0 bridgehead atoms. The molecular formula is C15H21NO2. The summed E-state index contributed by atoms with van der Waals surface area (Å²) in [6, 6.07) is 7.70. The third-order valence-electron chi connectivity index (χ3n) is 4.51. The molecule has 3 rings (SSSR count). The Bertz CT molecular complexity index is 417. The molecule has 1 aromatic carbocycles. The van der Waals surface area contributed by atoms with E-state index in [1.807, 2.05) is 12.1 Å². The van der Waals surface area contributed by atoms with Crippen LogP contribution in [0.4, 0.5) is 0 Å². The smallest absolute Gasteiger partial charge is 0.115 e. The number of rotatable bonds is 1. The fourth-order valence-electron chi connectivity index (χ4n) is 3.42. The van der Waals surface area contributed by atoms with Gasteiger partial charge in [-0.25, -0.2) is 0 Å². The third kappa shape index (κ3) is 2.13. The third-order valence-corrected chi connectivity index (χ3v) is 4.51. The van der Waals surface area contributed by atoms with Gasteiger partial charge in [-0.1, -0.05) is 18.6 Å². The van der Waals surface area contributed by atoms with E-state index < -0.39 is 5.60 Å². The molecule has 18 heavy (non-hydrogen) atoms. The lowest BCUT2D eigenvalue weighted by molar-refractivity contribution is -0.0661. The Hall–Kier alpha value is -1.06.